The van der Waals surface area contributed by atoms with Gasteiger partial charge in [-0.1, -0.05) is 19.9 Å². The first-order chi connectivity index (χ1) is 8.43. The molecule has 0 saturated heterocycles. The van der Waals surface area contributed by atoms with Gasteiger partial charge in [-0.2, -0.15) is 0 Å². The number of urea groups is 1. The molecule has 2 amide bonds. The summed E-state index contributed by atoms with van der Waals surface area (Å²) in [6.45, 7) is 5.16. The minimum absolute atomic E-state index is 0.0476. The van der Waals surface area contributed by atoms with Crippen molar-refractivity contribution in [2.45, 2.75) is 20.3 Å². The number of nitrogens with one attached hydrogen (secondary N) is 2. The summed E-state index contributed by atoms with van der Waals surface area (Å²) in [5, 5.41) is 5.32. The largest absolute Gasteiger partial charge is 0.337 e. The average molecular weight is 253 g/mol. The molecular formula is C13H20FN3O. The van der Waals surface area contributed by atoms with E-state index >= 15 is 0 Å². The monoisotopic (exact) mass is 253 g/mol. The van der Waals surface area contributed by atoms with E-state index < -0.39 is 0 Å². The van der Waals surface area contributed by atoms with Gasteiger partial charge in [-0.3, -0.25) is 0 Å². The molecule has 5 heteroatoms. The normalized spacial score (nSPS) is 11.1. The zero-order valence-corrected chi connectivity index (χ0v) is 10.8. The van der Waals surface area contributed by atoms with Gasteiger partial charge in [0.05, 0.1) is 0 Å². The van der Waals surface area contributed by atoms with Crippen LogP contribution in [-0.2, 0) is 0 Å². The summed E-state index contributed by atoms with van der Waals surface area (Å²) >= 11 is 0. The molecule has 1 aromatic carbocycles. The highest BCUT2D eigenvalue weighted by Crippen LogP contribution is 2.17. The zero-order chi connectivity index (χ0) is 13.6. The predicted octanol–water partition coefficient (Wildman–Crippen LogP) is 2.32. The Hall–Kier alpha value is -1.62. The lowest BCUT2D eigenvalue weighted by atomic mass is 9.89. The fourth-order valence-corrected chi connectivity index (χ4v) is 1.54. The van der Waals surface area contributed by atoms with Gasteiger partial charge in [0, 0.05) is 12.2 Å². The van der Waals surface area contributed by atoms with Gasteiger partial charge in [-0.05, 0) is 36.6 Å². The topological polar surface area (TPSA) is 67.1 Å². The maximum atomic E-state index is 12.9. The molecule has 0 aliphatic rings. The second kappa shape index (κ2) is 6.35. The van der Waals surface area contributed by atoms with Crippen LogP contribution in [0.4, 0.5) is 14.9 Å². The van der Waals surface area contributed by atoms with E-state index in [1.165, 1.54) is 12.1 Å². The molecule has 0 saturated carbocycles. The average Bonchev–Trinajstić information content (AvgIpc) is 2.26. The minimum atomic E-state index is -0.378. The van der Waals surface area contributed by atoms with Gasteiger partial charge in [0.2, 0.25) is 0 Å². The first kappa shape index (κ1) is 14.4. The van der Waals surface area contributed by atoms with E-state index in [0.29, 0.717) is 18.8 Å². The molecule has 0 fully saturated rings. The number of carbonyl (C=O) groups is 1. The second-order valence-electron chi connectivity index (χ2n) is 5.02. The molecule has 0 spiro atoms. The first-order valence-corrected chi connectivity index (χ1v) is 5.93. The van der Waals surface area contributed by atoms with Crippen molar-refractivity contribution in [3.05, 3.63) is 30.1 Å². The van der Waals surface area contributed by atoms with Crippen LogP contribution in [0.5, 0.6) is 0 Å². The Bertz CT molecular complexity index is 407. The number of amides is 2. The quantitative estimate of drug-likeness (QED) is 0.754. The highest BCUT2D eigenvalue weighted by atomic mass is 19.1. The third kappa shape index (κ3) is 5.14. The lowest BCUT2D eigenvalue weighted by molar-refractivity contribution is 0.243. The van der Waals surface area contributed by atoms with Gasteiger partial charge in [-0.25, -0.2) is 9.18 Å². The number of hydrogen-bond acceptors (Lipinski definition) is 2. The maximum Gasteiger partial charge on any atom is 0.319 e. The van der Waals surface area contributed by atoms with E-state index in [4.69, 9.17) is 5.73 Å². The van der Waals surface area contributed by atoms with Crippen LogP contribution < -0.4 is 16.4 Å². The molecule has 1 rings (SSSR count). The van der Waals surface area contributed by atoms with Crippen LogP contribution in [0.1, 0.15) is 20.3 Å². The Balaban J connectivity index is 2.43. The van der Waals surface area contributed by atoms with Crippen molar-refractivity contribution in [2.75, 3.05) is 18.4 Å². The molecular weight excluding hydrogens is 233 g/mol. The minimum Gasteiger partial charge on any atom is -0.337 e. The maximum absolute atomic E-state index is 12.9. The summed E-state index contributed by atoms with van der Waals surface area (Å²) < 4.78 is 12.9. The van der Waals surface area contributed by atoms with E-state index in [1.807, 2.05) is 13.8 Å². The molecule has 0 heterocycles. The number of hydrogen-bond donors (Lipinski definition) is 3. The van der Waals surface area contributed by atoms with Crippen molar-refractivity contribution in [3.63, 3.8) is 0 Å². The Morgan fingerprint density at radius 2 is 2.17 bits per heavy atom. The molecule has 18 heavy (non-hydrogen) atoms. The van der Waals surface area contributed by atoms with Crippen molar-refractivity contribution in [1.29, 1.82) is 0 Å². The number of nitrogens with two attached hydrogens (primary N) is 1. The van der Waals surface area contributed by atoms with Crippen LogP contribution in [-0.4, -0.2) is 19.1 Å². The molecule has 1 aromatic rings. The zero-order valence-electron chi connectivity index (χ0n) is 10.8. The number of benzene rings is 1. The van der Waals surface area contributed by atoms with Crippen LogP contribution in [0.3, 0.4) is 0 Å². The number of rotatable bonds is 5. The molecule has 0 atom stereocenters. The number of halogens is 1. The van der Waals surface area contributed by atoms with Crippen molar-refractivity contribution < 1.29 is 9.18 Å². The van der Waals surface area contributed by atoms with Gasteiger partial charge >= 0.3 is 6.03 Å². The third-order valence-corrected chi connectivity index (χ3v) is 2.63. The van der Waals surface area contributed by atoms with Crippen molar-refractivity contribution >= 4 is 11.7 Å². The van der Waals surface area contributed by atoms with E-state index in [1.54, 1.807) is 12.1 Å². The van der Waals surface area contributed by atoms with Gasteiger partial charge in [0.25, 0.3) is 0 Å². The molecule has 4 N–H and O–H groups in total. The summed E-state index contributed by atoms with van der Waals surface area (Å²) in [6.07, 6.45) is 0.827. The predicted molar refractivity (Wildman–Crippen MR) is 70.9 cm³/mol. The molecule has 0 bridgehead atoms. The SMILES string of the molecule is CC(C)(CCN)CNC(=O)Nc1cccc(F)c1. The van der Waals surface area contributed by atoms with Crippen molar-refractivity contribution in [1.82, 2.24) is 5.32 Å². The van der Waals surface area contributed by atoms with Crippen molar-refractivity contribution in [3.8, 4) is 0 Å². The fraction of sp³-hybridized carbons (Fsp3) is 0.462. The van der Waals surface area contributed by atoms with E-state index in [-0.39, 0.29) is 17.3 Å². The van der Waals surface area contributed by atoms with Crippen LogP contribution in [0.15, 0.2) is 24.3 Å². The Kier molecular flexibility index (Phi) is 5.09. The van der Waals surface area contributed by atoms with Crippen molar-refractivity contribution in [2.24, 2.45) is 11.1 Å². The summed E-state index contributed by atoms with van der Waals surface area (Å²) in [6, 6.07) is 5.43. The Morgan fingerprint density at radius 3 is 2.78 bits per heavy atom. The molecule has 0 aromatic heterocycles. The molecule has 0 aliphatic heterocycles. The van der Waals surface area contributed by atoms with Gasteiger partial charge in [0.15, 0.2) is 0 Å². The lowest BCUT2D eigenvalue weighted by Gasteiger charge is -2.24. The molecule has 4 nitrogen and oxygen atoms in total. The summed E-state index contributed by atoms with van der Waals surface area (Å²) in [5.41, 5.74) is 5.88. The molecule has 0 radical (unpaired) electrons. The first-order valence-electron chi connectivity index (χ1n) is 5.93. The Morgan fingerprint density at radius 1 is 1.44 bits per heavy atom. The van der Waals surface area contributed by atoms with Gasteiger partial charge < -0.3 is 16.4 Å². The molecule has 0 unspecified atom stereocenters. The standard InChI is InChI=1S/C13H20FN3O/c1-13(2,6-7-15)9-16-12(18)17-11-5-3-4-10(14)8-11/h3-5,8H,6-7,9,15H2,1-2H3,(H2,16,17,18). The summed E-state index contributed by atoms with van der Waals surface area (Å²) in [7, 11) is 0. The second-order valence-corrected chi connectivity index (χ2v) is 5.02. The van der Waals surface area contributed by atoms with Gasteiger partial charge in [0.1, 0.15) is 5.82 Å². The molecule has 100 valence electrons. The highest BCUT2D eigenvalue weighted by Gasteiger charge is 2.17. The third-order valence-electron chi connectivity index (χ3n) is 2.63. The van der Waals surface area contributed by atoms with Crippen LogP contribution in [0.25, 0.3) is 0 Å². The van der Waals surface area contributed by atoms with Crippen LogP contribution in [0, 0.1) is 11.2 Å². The smallest absolute Gasteiger partial charge is 0.319 e. The summed E-state index contributed by atoms with van der Waals surface area (Å²) in [5.74, 6) is -0.378. The van der Waals surface area contributed by atoms with Gasteiger partial charge in [-0.15, -0.1) is 0 Å². The number of anilines is 1. The fourth-order valence-electron chi connectivity index (χ4n) is 1.54. The van der Waals surface area contributed by atoms with E-state index in [2.05, 4.69) is 10.6 Å². The van der Waals surface area contributed by atoms with E-state index in [9.17, 15) is 9.18 Å². The van der Waals surface area contributed by atoms with Crippen LogP contribution >= 0.6 is 0 Å². The lowest BCUT2D eigenvalue weighted by Crippen LogP contribution is -2.37. The molecule has 0 aliphatic carbocycles. The summed E-state index contributed by atoms with van der Waals surface area (Å²) in [4.78, 5) is 11.6. The van der Waals surface area contributed by atoms with E-state index in [0.717, 1.165) is 6.42 Å². The highest BCUT2D eigenvalue weighted by molar-refractivity contribution is 5.89. The Labute approximate surface area is 107 Å². The van der Waals surface area contributed by atoms with Crippen LogP contribution in [0.2, 0.25) is 0 Å². The number of carbonyl (C=O) groups excluding carboxylic acids is 1.